The molecule has 1 aromatic heterocycles. The van der Waals surface area contributed by atoms with Gasteiger partial charge in [-0.15, -0.1) is 0 Å². The number of fused-ring (bicyclic) bond motifs is 1. The molecule has 0 aliphatic rings. The third-order valence-corrected chi connectivity index (χ3v) is 3.63. The van der Waals surface area contributed by atoms with E-state index in [9.17, 15) is 14.0 Å². The molecule has 2 aromatic carbocycles. The van der Waals surface area contributed by atoms with E-state index in [1.807, 2.05) is 30.3 Å². The van der Waals surface area contributed by atoms with Crippen LogP contribution in [0.15, 0.2) is 59.5 Å². The Labute approximate surface area is 132 Å². The summed E-state index contributed by atoms with van der Waals surface area (Å²) in [5.74, 6) is -0.974. The molecule has 23 heavy (non-hydrogen) atoms. The second kappa shape index (κ2) is 6.44. The molecule has 0 saturated heterocycles. The fourth-order valence-corrected chi connectivity index (χ4v) is 2.42. The highest BCUT2D eigenvalue weighted by Gasteiger charge is 2.13. The lowest BCUT2D eigenvalue weighted by molar-refractivity contribution is 0.0953. The van der Waals surface area contributed by atoms with Gasteiger partial charge in [0.25, 0.3) is 5.91 Å². The van der Waals surface area contributed by atoms with Gasteiger partial charge in [0.2, 0.25) is 5.43 Å². The molecule has 3 aromatic rings. The van der Waals surface area contributed by atoms with Crippen molar-refractivity contribution in [3.8, 4) is 0 Å². The smallest absolute Gasteiger partial charge is 0.256 e. The van der Waals surface area contributed by atoms with Crippen LogP contribution in [0.1, 0.15) is 15.9 Å². The molecule has 5 heteroatoms. The molecule has 116 valence electrons. The Morgan fingerprint density at radius 2 is 1.91 bits per heavy atom. The zero-order chi connectivity index (χ0) is 16.2. The van der Waals surface area contributed by atoms with Crippen molar-refractivity contribution in [2.24, 2.45) is 0 Å². The van der Waals surface area contributed by atoms with Gasteiger partial charge in [0.05, 0.1) is 0 Å². The van der Waals surface area contributed by atoms with Crippen LogP contribution in [0, 0.1) is 5.82 Å². The van der Waals surface area contributed by atoms with E-state index in [-0.39, 0.29) is 10.9 Å². The molecule has 0 spiro atoms. The van der Waals surface area contributed by atoms with Crippen molar-refractivity contribution in [3.05, 3.63) is 81.9 Å². The molecular formula is C18H15FN2O2. The van der Waals surface area contributed by atoms with Crippen molar-refractivity contribution in [1.82, 2.24) is 10.3 Å². The molecule has 0 fully saturated rings. The summed E-state index contributed by atoms with van der Waals surface area (Å²) in [5.41, 5.74) is 1.10. The Kier molecular flexibility index (Phi) is 4.19. The number of carbonyl (C=O) groups excluding carboxylic acids is 1. The maximum atomic E-state index is 13.3. The predicted molar refractivity (Wildman–Crippen MR) is 87.0 cm³/mol. The van der Waals surface area contributed by atoms with Crippen molar-refractivity contribution in [3.63, 3.8) is 0 Å². The van der Waals surface area contributed by atoms with Crippen LogP contribution < -0.4 is 10.7 Å². The third kappa shape index (κ3) is 3.29. The summed E-state index contributed by atoms with van der Waals surface area (Å²) in [6.45, 7) is 0.420. The zero-order valence-electron chi connectivity index (χ0n) is 12.3. The molecule has 2 N–H and O–H groups in total. The average molecular weight is 310 g/mol. The molecule has 0 aliphatic carbocycles. The molecular weight excluding hydrogens is 295 g/mol. The van der Waals surface area contributed by atoms with Crippen LogP contribution >= 0.6 is 0 Å². The minimum Gasteiger partial charge on any atom is -0.360 e. The van der Waals surface area contributed by atoms with E-state index in [0.717, 1.165) is 11.6 Å². The highest BCUT2D eigenvalue weighted by molar-refractivity contribution is 5.97. The first-order chi connectivity index (χ1) is 11.1. The van der Waals surface area contributed by atoms with Crippen LogP contribution in [0.5, 0.6) is 0 Å². The summed E-state index contributed by atoms with van der Waals surface area (Å²) in [5, 5.41) is 2.88. The lowest BCUT2D eigenvalue weighted by Gasteiger charge is -2.06. The number of rotatable bonds is 4. The van der Waals surface area contributed by atoms with Crippen LogP contribution in [0.4, 0.5) is 4.39 Å². The first kappa shape index (κ1) is 15.0. The second-order valence-corrected chi connectivity index (χ2v) is 5.21. The first-order valence-corrected chi connectivity index (χ1v) is 7.28. The molecule has 1 heterocycles. The maximum Gasteiger partial charge on any atom is 0.256 e. The van der Waals surface area contributed by atoms with Gasteiger partial charge in [-0.05, 0) is 30.2 Å². The summed E-state index contributed by atoms with van der Waals surface area (Å²) < 4.78 is 13.3. The number of hydrogen-bond acceptors (Lipinski definition) is 2. The van der Waals surface area contributed by atoms with Gasteiger partial charge in [-0.1, -0.05) is 30.3 Å². The Morgan fingerprint density at radius 1 is 1.13 bits per heavy atom. The van der Waals surface area contributed by atoms with E-state index in [1.165, 1.54) is 18.3 Å². The number of aromatic amines is 1. The van der Waals surface area contributed by atoms with Crippen molar-refractivity contribution in [2.45, 2.75) is 6.42 Å². The molecule has 4 nitrogen and oxygen atoms in total. The van der Waals surface area contributed by atoms with Crippen LogP contribution in [0.3, 0.4) is 0 Å². The van der Waals surface area contributed by atoms with Gasteiger partial charge < -0.3 is 10.3 Å². The largest absolute Gasteiger partial charge is 0.360 e. The average Bonchev–Trinajstić information content (AvgIpc) is 2.56. The predicted octanol–water partition coefficient (Wildman–Crippen LogP) is 2.64. The highest BCUT2D eigenvalue weighted by atomic mass is 19.1. The number of carbonyl (C=O) groups is 1. The molecule has 0 saturated carbocycles. The Balaban J connectivity index is 1.76. The van der Waals surface area contributed by atoms with Gasteiger partial charge in [0.15, 0.2) is 0 Å². The van der Waals surface area contributed by atoms with Crippen LogP contribution in [-0.4, -0.2) is 17.4 Å². The van der Waals surface area contributed by atoms with Crippen molar-refractivity contribution >= 4 is 16.8 Å². The lowest BCUT2D eigenvalue weighted by atomic mass is 10.1. The normalized spacial score (nSPS) is 10.7. The molecule has 0 atom stereocenters. The van der Waals surface area contributed by atoms with E-state index >= 15 is 0 Å². The summed E-state index contributed by atoms with van der Waals surface area (Å²) in [4.78, 5) is 27.3. The van der Waals surface area contributed by atoms with E-state index in [0.29, 0.717) is 18.5 Å². The standard InChI is InChI=1S/C18H15FN2O2/c19-13-6-7-16-14(10-13)17(22)15(11-21-16)18(23)20-9-8-12-4-2-1-3-5-12/h1-7,10-11H,8-9H2,(H,20,23)(H,21,22). The maximum absolute atomic E-state index is 13.3. The number of hydrogen-bond donors (Lipinski definition) is 2. The monoisotopic (exact) mass is 310 g/mol. The summed E-state index contributed by atoms with van der Waals surface area (Å²) in [7, 11) is 0. The SMILES string of the molecule is O=C(NCCc1ccccc1)c1c[nH]c2ccc(F)cc2c1=O. The topological polar surface area (TPSA) is 62.0 Å². The Bertz CT molecular complexity index is 904. The van der Waals surface area contributed by atoms with Crippen molar-refractivity contribution < 1.29 is 9.18 Å². The number of H-pyrrole nitrogens is 1. The van der Waals surface area contributed by atoms with Gasteiger partial charge in [0.1, 0.15) is 11.4 Å². The Hall–Kier alpha value is -2.95. The fourth-order valence-electron chi connectivity index (χ4n) is 2.42. The fraction of sp³-hybridized carbons (Fsp3) is 0.111. The number of amides is 1. The number of aromatic nitrogens is 1. The summed E-state index contributed by atoms with van der Waals surface area (Å²) >= 11 is 0. The van der Waals surface area contributed by atoms with Crippen LogP contribution in [0.2, 0.25) is 0 Å². The van der Waals surface area contributed by atoms with Crippen molar-refractivity contribution in [2.75, 3.05) is 6.54 Å². The highest BCUT2D eigenvalue weighted by Crippen LogP contribution is 2.10. The van der Waals surface area contributed by atoms with E-state index < -0.39 is 17.2 Å². The number of benzene rings is 2. The second-order valence-electron chi connectivity index (χ2n) is 5.21. The Morgan fingerprint density at radius 3 is 2.70 bits per heavy atom. The van der Waals surface area contributed by atoms with Gasteiger partial charge in [-0.25, -0.2) is 4.39 Å². The minimum atomic E-state index is -0.510. The van der Waals surface area contributed by atoms with Gasteiger partial charge >= 0.3 is 0 Å². The van der Waals surface area contributed by atoms with Crippen LogP contribution in [-0.2, 0) is 6.42 Å². The molecule has 0 unspecified atom stereocenters. The van der Waals surface area contributed by atoms with Crippen molar-refractivity contribution in [1.29, 1.82) is 0 Å². The van der Waals surface area contributed by atoms with E-state index in [1.54, 1.807) is 0 Å². The lowest BCUT2D eigenvalue weighted by Crippen LogP contribution is -2.30. The molecule has 1 amide bonds. The first-order valence-electron chi connectivity index (χ1n) is 7.28. The third-order valence-electron chi connectivity index (χ3n) is 3.63. The van der Waals surface area contributed by atoms with E-state index in [2.05, 4.69) is 10.3 Å². The minimum absolute atomic E-state index is 0.0174. The summed E-state index contributed by atoms with van der Waals surface area (Å²) in [6.07, 6.45) is 2.03. The molecule has 0 bridgehead atoms. The van der Waals surface area contributed by atoms with Gasteiger partial charge in [-0.3, -0.25) is 9.59 Å². The quantitative estimate of drug-likeness (QED) is 0.778. The number of halogens is 1. The molecule has 0 aliphatic heterocycles. The van der Waals surface area contributed by atoms with Gasteiger partial charge in [0, 0.05) is 23.6 Å². The summed E-state index contributed by atoms with van der Waals surface area (Å²) in [6, 6.07) is 13.6. The number of nitrogens with one attached hydrogen (secondary N) is 2. The molecule has 0 radical (unpaired) electrons. The van der Waals surface area contributed by atoms with Gasteiger partial charge in [-0.2, -0.15) is 0 Å². The van der Waals surface area contributed by atoms with Crippen LogP contribution in [0.25, 0.3) is 10.9 Å². The zero-order valence-corrected chi connectivity index (χ0v) is 12.3. The number of pyridine rings is 1. The molecule has 3 rings (SSSR count). The van der Waals surface area contributed by atoms with E-state index in [4.69, 9.17) is 0 Å².